The van der Waals surface area contributed by atoms with Gasteiger partial charge in [0.25, 0.3) is 0 Å². The van der Waals surface area contributed by atoms with E-state index in [2.05, 4.69) is 39.8 Å². The Morgan fingerprint density at radius 3 is 2.41 bits per heavy atom. The molecule has 0 bridgehead atoms. The zero-order valence-corrected chi connectivity index (χ0v) is 14.7. The average Bonchev–Trinajstić information content (AvgIpc) is 2.50. The van der Waals surface area contributed by atoms with Crippen molar-refractivity contribution in [3.8, 4) is 0 Å². The van der Waals surface area contributed by atoms with Crippen LogP contribution in [0.1, 0.15) is 19.4 Å². The molecule has 1 aromatic rings. The molecule has 0 N–H and O–H groups in total. The molecule has 0 spiro atoms. The summed E-state index contributed by atoms with van der Waals surface area (Å²) in [5.74, 6) is 1.12. The van der Waals surface area contributed by atoms with Crippen LogP contribution in [0.5, 0.6) is 0 Å². The van der Waals surface area contributed by atoms with Gasteiger partial charge in [-0.15, -0.1) is 0 Å². The third-order valence-electron chi connectivity index (χ3n) is 3.55. The molecule has 2 atom stereocenters. The van der Waals surface area contributed by atoms with Crippen molar-refractivity contribution in [2.45, 2.75) is 32.4 Å². The predicted molar refractivity (Wildman–Crippen MR) is 89.1 cm³/mol. The highest BCUT2D eigenvalue weighted by Crippen LogP contribution is 2.22. The number of nitrogens with zero attached hydrogens (tertiary/aromatic N) is 2. The van der Waals surface area contributed by atoms with Crippen LogP contribution in [0.4, 0.5) is 4.39 Å². The van der Waals surface area contributed by atoms with Crippen LogP contribution in [0.25, 0.3) is 0 Å². The second-order valence-corrected chi connectivity index (χ2v) is 6.35. The standard InChI is InChI=1S/C16H20BrFN2O2/c1-9(2)14-16(22-4)19-13(15(20-14)21-3)8-10-5-6-11(17)12(18)7-10/h5-7,9,13-14H,8H2,1-4H3/t13-,14+/m0/s1. The fraction of sp³-hybridized carbons (Fsp3) is 0.500. The van der Waals surface area contributed by atoms with Gasteiger partial charge < -0.3 is 9.47 Å². The molecule has 1 aliphatic rings. The molecule has 6 heteroatoms. The Balaban J connectivity index is 2.27. The van der Waals surface area contributed by atoms with Gasteiger partial charge in [-0.3, -0.25) is 0 Å². The van der Waals surface area contributed by atoms with Gasteiger partial charge in [0.2, 0.25) is 11.8 Å². The van der Waals surface area contributed by atoms with E-state index in [1.807, 2.05) is 6.07 Å². The lowest BCUT2D eigenvalue weighted by atomic mass is 10.0. The Morgan fingerprint density at radius 2 is 1.86 bits per heavy atom. The lowest BCUT2D eigenvalue weighted by Crippen LogP contribution is -2.38. The number of ether oxygens (including phenoxy) is 2. The minimum absolute atomic E-state index is 0.141. The summed E-state index contributed by atoms with van der Waals surface area (Å²) in [6.45, 7) is 4.11. The Bertz CT molecular complexity index is 602. The van der Waals surface area contributed by atoms with Crippen LogP contribution in [0.2, 0.25) is 0 Å². The Hall–Kier alpha value is -1.43. The monoisotopic (exact) mass is 370 g/mol. The highest BCUT2D eigenvalue weighted by molar-refractivity contribution is 9.10. The van der Waals surface area contributed by atoms with Crippen molar-refractivity contribution in [2.24, 2.45) is 15.9 Å². The van der Waals surface area contributed by atoms with Crippen LogP contribution in [0.15, 0.2) is 32.7 Å². The van der Waals surface area contributed by atoms with E-state index >= 15 is 0 Å². The molecule has 0 saturated heterocycles. The maximum Gasteiger partial charge on any atom is 0.209 e. The van der Waals surface area contributed by atoms with Crippen LogP contribution in [0.3, 0.4) is 0 Å². The summed E-state index contributed by atoms with van der Waals surface area (Å²) < 4.78 is 24.9. The lowest BCUT2D eigenvalue weighted by molar-refractivity contribution is 0.332. The highest BCUT2D eigenvalue weighted by atomic mass is 79.9. The first-order valence-electron chi connectivity index (χ1n) is 7.13. The first-order chi connectivity index (χ1) is 10.5. The van der Waals surface area contributed by atoms with Gasteiger partial charge in [0.05, 0.1) is 18.7 Å². The largest absolute Gasteiger partial charge is 0.483 e. The number of hydrogen-bond acceptors (Lipinski definition) is 4. The summed E-state index contributed by atoms with van der Waals surface area (Å²) in [6, 6.07) is 4.60. The van der Waals surface area contributed by atoms with Crippen LogP contribution < -0.4 is 0 Å². The summed E-state index contributed by atoms with van der Waals surface area (Å²) in [7, 11) is 3.18. The molecular formula is C16H20BrFN2O2. The Morgan fingerprint density at radius 1 is 1.18 bits per heavy atom. The number of aliphatic imine (C=N–C) groups is 2. The van der Waals surface area contributed by atoms with E-state index in [4.69, 9.17) is 9.47 Å². The summed E-state index contributed by atoms with van der Waals surface area (Å²) in [4.78, 5) is 9.21. The third-order valence-corrected chi connectivity index (χ3v) is 4.19. The number of halogens is 2. The molecule has 1 aliphatic heterocycles. The fourth-order valence-electron chi connectivity index (χ4n) is 2.38. The van der Waals surface area contributed by atoms with Crippen molar-refractivity contribution in [1.82, 2.24) is 0 Å². The van der Waals surface area contributed by atoms with E-state index in [0.29, 0.717) is 22.7 Å². The first kappa shape index (κ1) is 16.9. The molecule has 0 amide bonds. The van der Waals surface area contributed by atoms with E-state index in [0.717, 1.165) is 5.56 Å². The second-order valence-electron chi connectivity index (χ2n) is 5.50. The Kier molecular flexibility index (Phi) is 5.56. The molecule has 0 fully saturated rings. The topological polar surface area (TPSA) is 43.2 Å². The normalized spacial score (nSPS) is 21.4. The van der Waals surface area contributed by atoms with Crippen molar-refractivity contribution in [3.05, 3.63) is 34.1 Å². The van der Waals surface area contributed by atoms with Crippen molar-refractivity contribution in [3.63, 3.8) is 0 Å². The van der Waals surface area contributed by atoms with E-state index in [-0.39, 0.29) is 23.8 Å². The summed E-state index contributed by atoms with van der Waals surface area (Å²) >= 11 is 3.15. The number of rotatable bonds is 3. The maximum atomic E-state index is 13.7. The van der Waals surface area contributed by atoms with E-state index in [9.17, 15) is 4.39 Å². The van der Waals surface area contributed by atoms with Crippen molar-refractivity contribution >= 4 is 27.7 Å². The highest BCUT2D eigenvalue weighted by Gasteiger charge is 2.30. The van der Waals surface area contributed by atoms with Gasteiger partial charge in [0, 0.05) is 6.42 Å². The van der Waals surface area contributed by atoms with Gasteiger partial charge >= 0.3 is 0 Å². The van der Waals surface area contributed by atoms with Crippen molar-refractivity contribution < 1.29 is 13.9 Å². The minimum Gasteiger partial charge on any atom is -0.483 e. The van der Waals surface area contributed by atoms with Gasteiger partial charge in [0.15, 0.2) is 0 Å². The number of hydrogen-bond donors (Lipinski definition) is 0. The summed E-state index contributed by atoms with van der Waals surface area (Å²) in [6.07, 6.45) is 0.508. The molecule has 22 heavy (non-hydrogen) atoms. The smallest absolute Gasteiger partial charge is 0.209 e. The van der Waals surface area contributed by atoms with Gasteiger partial charge in [0.1, 0.15) is 17.9 Å². The fourth-order valence-corrected chi connectivity index (χ4v) is 2.63. The molecule has 1 heterocycles. The van der Waals surface area contributed by atoms with Crippen LogP contribution in [-0.4, -0.2) is 38.1 Å². The van der Waals surface area contributed by atoms with Crippen LogP contribution >= 0.6 is 15.9 Å². The number of methoxy groups -OCH3 is 2. The molecule has 4 nitrogen and oxygen atoms in total. The molecule has 0 aromatic heterocycles. The van der Waals surface area contributed by atoms with E-state index in [1.165, 1.54) is 6.07 Å². The van der Waals surface area contributed by atoms with Gasteiger partial charge in [-0.25, -0.2) is 14.4 Å². The lowest BCUT2D eigenvalue weighted by Gasteiger charge is -2.27. The van der Waals surface area contributed by atoms with Gasteiger partial charge in [-0.2, -0.15) is 0 Å². The molecule has 120 valence electrons. The molecule has 0 aliphatic carbocycles. The summed E-state index contributed by atoms with van der Waals surface area (Å²) in [5.41, 5.74) is 0.831. The van der Waals surface area contributed by atoms with Crippen molar-refractivity contribution in [1.29, 1.82) is 0 Å². The van der Waals surface area contributed by atoms with Crippen LogP contribution in [-0.2, 0) is 15.9 Å². The maximum absolute atomic E-state index is 13.7. The minimum atomic E-state index is -0.296. The first-order valence-corrected chi connectivity index (χ1v) is 7.92. The molecular weight excluding hydrogens is 351 g/mol. The summed E-state index contributed by atoms with van der Waals surface area (Å²) in [5, 5.41) is 0. The predicted octanol–water partition coefficient (Wildman–Crippen LogP) is 3.63. The van der Waals surface area contributed by atoms with Gasteiger partial charge in [-0.1, -0.05) is 19.9 Å². The molecule has 0 unspecified atom stereocenters. The van der Waals surface area contributed by atoms with E-state index in [1.54, 1.807) is 20.3 Å². The second kappa shape index (κ2) is 7.22. The molecule has 2 rings (SSSR count). The SMILES string of the molecule is COC1=N[C@H](C(C)C)C(OC)=N[C@H]1Cc1ccc(Br)c(F)c1. The number of benzene rings is 1. The third kappa shape index (κ3) is 3.66. The van der Waals surface area contributed by atoms with Crippen LogP contribution in [0, 0.1) is 11.7 Å². The zero-order valence-electron chi connectivity index (χ0n) is 13.1. The average molecular weight is 371 g/mol. The zero-order chi connectivity index (χ0) is 16.3. The molecule has 0 saturated carbocycles. The molecule has 1 aromatic carbocycles. The van der Waals surface area contributed by atoms with Crippen molar-refractivity contribution in [2.75, 3.05) is 14.2 Å². The quantitative estimate of drug-likeness (QED) is 0.815. The Labute approximate surface area is 138 Å². The van der Waals surface area contributed by atoms with Gasteiger partial charge in [-0.05, 0) is 39.5 Å². The molecule has 0 radical (unpaired) electrons. The van der Waals surface area contributed by atoms with E-state index < -0.39 is 0 Å².